The minimum absolute atomic E-state index is 0.147. The summed E-state index contributed by atoms with van der Waals surface area (Å²) in [6, 6.07) is 12.1. The number of hydrogen-bond donors (Lipinski definition) is 1. The molecule has 154 valence electrons. The largest absolute Gasteiger partial charge is 0.492 e. The van der Waals surface area contributed by atoms with E-state index in [1.54, 1.807) is 0 Å². The maximum Gasteiger partial charge on any atom is 0.294 e. The first-order valence-electron chi connectivity index (χ1n) is 9.41. The Labute approximate surface area is 174 Å². The molecule has 9 heteroatoms. The first kappa shape index (κ1) is 20.9. The fraction of sp³-hybridized carbons (Fsp3) is 0.350. The van der Waals surface area contributed by atoms with Gasteiger partial charge in [-0.05, 0) is 31.2 Å². The Morgan fingerprint density at radius 2 is 1.93 bits per heavy atom. The molecular weight excluding hydrogens is 396 g/mol. The lowest BCUT2D eigenvalue weighted by atomic mass is 10.2. The van der Waals surface area contributed by atoms with Gasteiger partial charge in [-0.15, -0.1) is 0 Å². The molecule has 0 radical (unpaired) electrons. The van der Waals surface area contributed by atoms with Crippen LogP contribution in [0.15, 0.2) is 42.5 Å². The van der Waals surface area contributed by atoms with Crippen molar-refractivity contribution in [3.05, 3.63) is 57.6 Å². The molecule has 0 aliphatic carbocycles. The van der Waals surface area contributed by atoms with Crippen LogP contribution >= 0.6 is 11.6 Å². The molecule has 0 spiro atoms. The third-order valence-electron chi connectivity index (χ3n) is 4.68. The maximum atomic E-state index is 12.4. The molecule has 1 heterocycles. The molecule has 0 saturated carbocycles. The van der Waals surface area contributed by atoms with Gasteiger partial charge in [0.25, 0.3) is 5.69 Å². The van der Waals surface area contributed by atoms with Crippen molar-refractivity contribution in [3.8, 4) is 5.75 Å². The first-order chi connectivity index (χ1) is 14.0. The molecule has 0 bridgehead atoms. The molecule has 2 aromatic carbocycles. The highest BCUT2D eigenvalue weighted by molar-refractivity contribution is 6.31. The van der Waals surface area contributed by atoms with Crippen LogP contribution in [0.4, 0.5) is 17.1 Å². The highest BCUT2D eigenvalue weighted by Gasteiger charge is 2.22. The van der Waals surface area contributed by atoms with Crippen molar-refractivity contribution >= 4 is 34.6 Å². The third kappa shape index (κ3) is 5.36. The summed E-state index contributed by atoms with van der Waals surface area (Å²) in [6.45, 7) is 5.66. The minimum atomic E-state index is -0.559. The Bertz CT molecular complexity index is 885. The van der Waals surface area contributed by atoms with E-state index in [0.717, 1.165) is 24.5 Å². The number of piperazine rings is 1. The number of nitro benzene ring substituents is 1. The number of nitrogens with one attached hydrogen (secondary N) is 1. The van der Waals surface area contributed by atoms with E-state index < -0.39 is 4.92 Å². The van der Waals surface area contributed by atoms with Crippen LogP contribution in [0.1, 0.15) is 6.92 Å². The lowest BCUT2D eigenvalue weighted by Gasteiger charge is -2.36. The van der Waals surface area contributed by atoms with Crippen LogP contribution in [0.3, 0.4) is 0 Å². The lowest BCUT2D eigenvalue weighted by Crippen LogP contribution is -2.48. The van der Waals surface area contributed by atoms with Gasteiger partial charge < -0.3 is 15.0 Å². The molecular formula is C20H23ClN4O4. The van der Waals surface area contributed by atoms with Crippen LogP contribution in [0.5, 0.6) is 5.75 Å². The van der Waals surface area contributed by atoms with Crippen molar-refractivity contribution in [2.45, 2.75) is 6.92 Å². The SMILES string of the molecule is CCOc1ccccc1N1CCN(CC(=O)Nc2ccc(Cl)cc2[N+](=O)[O-])CC1. The Kier molecular flexibility index (Phi) is 6.90. The summed E-state index contributed by atoms with van der Waals surface area (Å²) in [4.78, 5) is 27.3. The number of carbonyl (C=O) groups excluding carboxylic acids is 1. The van der Waals surface area contributed by atoms with E-state index in [0.29, 0.717) is 19.7 Å². The predicted molar refractivity (Wildman–Crippen MR) is 113 cm³/mol. The number of carbonyl (C=O) groups is 1. The number of anilines is 2. The van der Waals surface area contributed by atoms with Crippen molar-refractivity contribution in [2.75, 3.05) is 49.5 Å². The zero-order valence-electron chi connectivity index (χ0n) is 16.1. The molecule has 1 N–H and O–H groups in total. The summed E-state index contributed by atoms with van der Waals surface area (Å²) in [5, 5.41) is 14.0. The van der Waals surface area contributed by atoms with E-state index in [1.807, 2.05) is 36.1 Å². The van der Waals surface area contributed by atoms with Crippen LogP contribution < -0.4 is 15.0 Å². The smallest absolute Gasteiger partial charge is 0.294 e. The number of halogens is 1. The van der Waals surface area contributed by atoms with Crippen LogP contribution in [-0.2, 0) is 4.79 Å². The fourth-order valence-electron chi connectivity index (χ4n) is 3.30. The first-order valence-corrected chi connectivity index (χ1v) is 9.78. The van der Waals surface area contributed by atoms with Gasteiger partial charge in [-0.1, -0.05) is 23.7 Å². The van der Waals surface area contributed by atoms with Crippen LogP contribution in [-0.4, -0.2) is 55.1 Å². The summed E-state index contributed by atoms with van der Waals surface area (Å²) in [5.41, 5.74) is 0.979. The highest BCUT2D eigenvalue weighted by Crippen LogP contribution is 2.29. The summed E-state index contributed by atoms with van der Waals surface area (Å²) in [7, 11) is 0. The van der Waals surface area contributed by atoms with E-state index >= 15 is 0 Å². The number of amides is 1. The zero-order valence-corrected chi connectivity index (χ0v) is 16.9. The topological polar surface area (TPSA) is 88.0 Å². The third-order valence-corrected chi connectivity index (χ3v) is 4.91. The molecule has 3 rings (SSSR count). The van der Waals surface area contributed by atoms with Gasteiger partial charge in [-0.2, -0.15) is 0 Å². The summed E-state index contributed by atoms with van der Waals surface area (Å²) in [5.74, 6) is 0.565. The number of para-hydroxylation sites is 2. The molecule has 1 saturated heterocycles. The summed E-state index contributed by atoms with van der Waals surface area (Å²) >= 11 is 5.81. The number of nitrogens with zero attached hydrogens (tertiary/aromatic N) is 3. The van der Waals surface area contributed by atoms with Crippen LogP contribution in [0, 0.1) is 10.1 Å². The normalized spacial score (nSPS) is 14.5. The fourth-order valence-corrected chi connectivity index (χ4v) is 3.46. The molecule has 8 nitrogen and oxygen atoms in total. The molecule has 1 amide bonds. The van der Waals surface area contributed by atoms with Crippen molar-refractivity contribution in [1.29, 1.82) is 0 Å². The second-order valence-corrected chi connectivity index (χ2v) is 7.07. The molecule has 2 aromatic rings. The second kappa shape index (κ2) is 9.58. The van der Waals surface area contributed by atoms with Crippen LogP contribution in [0.2, 0.25) is 5.02 Å². The van der Waals surface area contributed by atoms with Crippen LogP contribution in [0.25, 0.3) is 0 Å². The molecule has 1 fully saturated rings. The van der Waals surface area contributed by atoms with Gasteiger partial charge in [0.05, 0.1) is 23.8 Å². The van der Waals surface area contributed by atoms with Crippen molar-refractivity contribution in [2.24, 2.45) is 0 Å². The number of nitro groups is 1. The number of rotatable bonds is 7. The van der Waals surface area contributed by atoms with E-state index in [1.165, 1.54) is 18.2 Å². The Hall–Kier alpha value is -2.84. The molecule has 0 atom stereocenters. The Balaban J connectivity index is 1.56. The van der Waals surface area contributed by atoms with Gasteiger partial charge in [-0.3, -0.25) is 19.8 Å². The van der Waals surface area contributed by atoms with E-state index in [4.69, 9.17) is 16.3 Å². The molecule has 29 heavy (non-hydrogen) atoms. The molecule has 0 aromatic heterocycles. The Morgan fingerprint density at radius 3 is 2.62 bits per heavy atom. The van der Waals surface area contributed by atoms with E-state index in [-0.39, 0.29) is 28.8 Å². The summed E-state index contributed by atoms with van der Waals surface area (Å²) < 4.78 is 5.70. The quantitative estimate of drug-likeness (QED) is 0.547. The number of hydrogen-bond acceptors (Lipinski definition) is 6. The Morgan fingerprint density at radius 1 is 1.21 bits per heavy atom. The van der Waals surface area contributed by atoms with Gasteiger partial charge in [0, 0.05) is 37.3 Å². The van der Waals surface area contributed by atoms with Crippen molar-refractivity contribution < 1.29 is 14.5 Å². The van der Waals surface area contributed by atoms with E-state index in [9.17, 15) is 14.9 Å². The number of ether oxygens (including phenoxy) is 1. The van der Waals surface area contributed by atoms with E-state index in [2.05, 4.69) is 10.2 Å². The molecule has 1 aliphatic rings. The number of benzene rings is 2. The maximum absolute atomic E-state index is 12.4. The highest BCUT2D eigenvalue weighted by atomic mass is 35.5. The lowest BCUT2D eigenvalue weighted by molar-refractivity contribution is -0.383. The van der Waals surface area contributed by atoms with Gasteiger partial charge in [-0.25, -0.2) is 0 Å². The van der Waals surface area contributed by atoms with Gasteiger partial charge >= 0.3 is 0 Å². The van der Waals surface area contributed by atoms with Crippen molar-refractivity contribution in [1.82, 2.24) is 4.90 Å². The predicted octanol–water partition coefficient (Wildman–Crippen LogP) is 3.41. The average Bonchev–Trinajstić information content (AvgIpc) is 2.70. The minimum Gasteiger partial charge on any atom is -0.492 e. The molecule has 0 unspecified atom stereocenters. The van der Waals surface area contributed by atoms with Gasteiger partial charge in [0.15, 0.2) is 0 Å². The molecule has 1 aliphatic heterocycles. The summed E-state index contributed by atoms with van der Waals surface area (Å²) in [6.07, 6.45) is 0. The monoisotopic (exact) mass is 418 g/mol. The van der Waals surface area contributed by atoms with Gasteiger partial charge in [0.1, 0.15) is 11.4 Å². The average molecular weight is 419 g/mol. The standard InChI is InChI=1S/C20H23ClN4O4/c1-2-29-19-6-4-3-5-17(19)24-11-9-23(10-12-24)14-20(26)22-16-8-7-15(21)13-18(16)25(27)28/h3-8,13H,2,9-12,14H2,1H3,(H,22,26). The zero-order chi connectivity index (χ0) is 20.8. The van der Waals surface area contributed by atoms with Gasteiger partial charge in [0.2, 0.25) is 5.91 Å². The van der Waals surface area contributed by atoms with Crippen molar-refractivity contribution in [3.63, 3.8) is 0 Å². The second-order valence-electron chi connectivity index (χ2n) is 6.63.